The van der Waals surface area contributed by atoms with E-state index in [2.05, 4.69) is 17.0 Å². The first kappa shape index (κ1) is 11.2. The van der Waals surface area contributed by atoms with Crippen molar-refractivity contribution in [3.8, 4) is 10.6 Å². The fourth-order valence-electron chi connectivity index (χ4n) is 2.13. The molecule has 1 aromatic carbocycles. The largest absolute Gasteiger partial charge is 0.399 e. The van der Waals surface area contributed by atoms with Gasteiger partial charge in [0.15, 0.2) is 0 Å². The third kappa shape index (κ3) is 1.59. The lowest BCUT2D eigenvalue weighted by Gasteiger charge is -1.95. The third-order valence-corrected chi connectivity index (χ3v) is 4.17. The molecule has 2 heterocycles. The highest BCUT2D eigenvalue weighted by Gasteiger charge is 2.15. The number of benzene rings is 1. The Labute approximate surface area is 109 Å². The van der Waals surface area contributed by atoms with Crippen molar-refractivity contribution >= 4 is 27.2 Å². The lowest BCUT2D eigenvalue weighted by Crippen LogP contribution is -1.92. The Morgan fingerprint density at radius 1 is 1.28 bits per heavy atom. The summed E-state index contributed by atoms with van der Waals surface area (Å²) < 4.78 is 3.01. The van der Waals surface area contributed by atoms with Gasteiger partial charge in [0.25, 0.3) is 0 Å². The molecule has 3 rings (SSSR count). The molecule has 0 aliphatic carbocycles. The van der Waals surface area contributed by atoms with E-state index in [0.717, 1.165) is 37.9 Å². The molecule has 0 bridgehead atoms. The van der Waals surface area contributed by atoms with Gasteiger partial charge in [0.1, 0.15) is 5.01 Å². The Hall–Kier alpha value is -1.88. The summed E-state index contributed by atoms with van der Waals surface area (Å²) in [5.74, 6) is 0. The van der Waals surface area contributed by atoms with Crippen molar-refractivity contribution in [2.75, 3.05) is 5.73 Å². The molecule has 0 atom stereocenters. The van der Waals surface area contributed by atoms with E-state index < -0.39 is 0 Å². The predicted molar refractivity (Wildman–Crippen MR) is 75.7 cm³/mol. The van der Waals surface area contributed by atoms with Crippen molar-refractivity contribution in [3.63, 3.8) is 0 Å². The topological polar surface area (TPSA) is 56.7 Å². The summed E-state index contributed by atoms with van der Waals surface area (Å²) in [4.78, 5) is 4.67. The fraction of sp³-hybridized carbons (Fsp3) is 0.231. The van der Waals surface area contributed by atoms with E-state index in [4.69, 9.17) is 5.73 Å². The van der Waals surface area contributed by atoms with Crippen LogP contribution in [0.1, 0.15) is 11.4 Å². The number of hydrogen-bond donors (Lipinski definition) is 1. The normalized spacial score (nSPS) is 11.3. The van der Waals surface area contributed by atoms with E-state index in [9.17, 15) is 0 Å². The molecule has 2 N–H and O–H groups in total. The van der Waals surface area contributed by atoms with Gasteiger partial charge in [-0.25, -0.2) is 4.98 Å². The van der Waals surface area contributed by atoms with Crippen LogP contribution in [0.5, 0.6) is 0 Å². The van der Waals surface area contributed by atoms with Crippen LogP contribution in [0.3, 0.4) is 0 Å². The summed E-state index contributed by atoms with van der Waals surface area (Å²) in [6.07, 6.45) is 0. The fourth-order valence-corrected chi connectivity index (χ4v) is 3.29. The number of aryl methyl sites for hydroxylation is 2. The van der Waals surface area contributed by atoms with Crippen molar-refractivity contribution in [1.82, 2.24) is 14.8 Å². The van der Waals surface area contributed by atoms with Gasteiger partial charge in [-0.05, 0) is 32.0 Å². The van der Waals surface area contributed by atoms with Gasteiger partial charge in [0.05, 0.1) is 21.5 Å². The molecule has 3 aromatic rings. The maximum atomic E-state index is 5.80. The van der Waals surface area contributed by atoms with Crippen molar-refractivity contribution < 1.29 is 0 Å². The molecule has 0 spiro atoms. The van der Waals surface area contributed by atoms with E-state index >= 15 is 0 Å². The van der Waals surface area contributed by atoms with Crippen LogP contribution < -0.4 is 5.73 Å². The second kappa shape index (κ2) is 3.81. The highest BCUT2D eigenvalue weighted by atomic mass is 32.1. The van der Waals surface area contributed by atoms with Crippen molar-refractivity contribution in [2.45, 2.75) is 13.8 Å². The van der Waals surface area contributed by atoms with Crippen LogP contribution >= 0.6 is 11.3 Å². The van der Waals surface area contributed by atoms with Crippen LogP contribution in [-0.4, -0.2) is 14.8 Å². The Bertz CT molecular complexity index is 739. The average molecular weight is 258 g/mol. The molecule has 5 heteroatoms. The van der Waals surface area contributed by atoms with Gasteiger partial charge in [-0.15, -0.1) is 11.3 Å². The predicted octanol–water partition coefficient (Wildman–Crippen LogP) is 2.90. The van der Waals surface area contributed by atoms with Gasteiger partial charge >= 0.3 is 0 Å². The minimum atomic E-state index is 0.775. The zero-order valence-corrected chi connectivity index (χ0v) is 11.4. The van der Waals surface area contributed by atoms with Crippen LogP contribution in [0.2, 0.25) is 0 Å². The Kier molecular flexibility index (Phi) is 2.38. The highest BCUT2D eigenvalue weighted by molar-refractivity contribution is 7.21. The molecule has 0 aliphatic rings. The number of nitrogen functional groups attached to an aromatic ring is 1. The molecule has 92 valence electrons. The zero-order chi connectivity index (χ0) is 12.9. The Balaban J connectivity index is 2.25. The number of fused-ring (bicyclic) bond motifs is 1. The second-order valence-electron chi connectivity index (χ2n) is 4.42. The first-order valence-electron chi connectivity index (χ1n) is 5.73. The molecule has 0 aliphatic heterocycles. The molecule has 0 amide bonds. The molecule has 2 aromatic heterocycles. The summed E-state index contributed by atoms with van der Waals surface area (Å²) in [6, 6.07) is 5.82. The summed E-state index contributed by atoms with van der Waals surface area (Å²) >= 11 is 1.66. The Morgan fingerprint density at radius 3 is 2.72 bits per heavy atom. The molecular weight excluding hydrogens is 244 g/mol. The minimum absolute atomic E-state index is 0.775. The molecular formula is C13H14N4S. The number of nitrogens with two attached hydrogens (primary N) is 1. The number of rotatable bonds is 1. The lowest BCUT2D eigenvalue weighted by atomic mass is 10.2. The number of hydrogen-bond acceptors (Lipinski definition) is 4. The molecule has 18 heavy (non-hydrogen) atoms. The van der Waals surface area contributed by atoms with Crippen LogP contribution in [0.15, 0.2) is 18.2 Å². The van der Waals surface area contributed by atoms with Crippen LogP contribution in [0, 0.1) is 13.8 Å². The van der Waals surface area contributed by atoms with Gasteiger partial charge in [-0.3, -0.25) is 4.68 Å². The first-order chi connectivity index (χ1) is 8.56. The maximum Gasteiger partial charge on any atom is 0.128 e. The molecule has 0 saturated heterocycles. The number of thiazole rings is 1. The van der Waals surface area contributed by atoms with E-state index in [-0.39, 0.29) is 0 Å². The molecule has 0 unspecified atom stereocenters. The second-order valence-corrected chi connectivity index (χ2v) is 5.45. The average Bonchev–Trinajstić information content (AvgIpc) is 2.80. The summed E-state index contributed by atoms with van der Waals surface area (Å²) in [6.45, 7) is 4.08. The molecule has 0 radical (unpaired) electrons. The number of anilines is 1. The lowest BCUT2D eigenvalue weighted by molar-refractivity contribution is 0.731. The maximum absolute atomic E-state index is 5.80. The van der Waals surface area contributed by atoms with E-state index in [1.165, 1.54) is 0 Å². The molecule has 4 nitrogen and oxygen atoms in total. The van der Waals surface area contributed by atoms with E-state index in [0.29, 0.717) is 0 Å². The van der Waals surface area contributed by atoms with Crippen LogP contribution in [0.4, 0.5) is 5.69 Å². The smallest absolute Gasteiger partial charge is 0.128 e. The molecule has 0 saturated carbocycles. The van der Waals surface area contributed by atoms with E-state index in [1.54, 1.807) is 11.3 Å². The zero-order valence-electron chi connectivity index (χ0n) is 10.6. The summed E-state index contributed by atoms with van der Waals surface area (Å²) in [5.41, 5.74) is 10.9. The van der Waals surface area contributed by atoms with Crippen LogP contribution in [0.25, 0.3) is 20.8 Å². The van der Waals surface area contributed by atoms with Gasteiger partial charge in [-0.2, -0.15) is 5.10 Å². The van der Waals surface area contributed by atoms with Gasteiger partial charge < -0.3 is 5.73 Å². The van der Waals surface area contributed by atoms with Gasteiger partial charge in [0, 0.05) is 18.4 Å². The summed E-state index contributed by atoms with van der Waals surface area (Å²) in [7, 11) is 1.96. The monoisotopic (exact) mass is 258 g/mol. The number of aromatic nitrogens is 3. The van der Waals surface area contributed by atoms with Crippen LogP contribution in [-0.2, 0) is 7.05 Å². The number of nitrogens with zero attached hydrogens (tertiary/aromatic N) is 3. The van der Waals surface area contributed by atoms with Gasteiger partial charge in [0.2, 0.25) is 0 Å². The SMILES string of the molecule is Cc1nn(C)c(C)c1-c1nc2ccc(N)cc2s1. The standard InChI is InChI=1S/C13H14N4S/c1-7-12(8(2)17(3)16-7)13-15-10-5-4-9(14)6-11(10)18-13/h4-6H,14H2,1-3H3. The Morgan fingerprint density at radius 2 is 2.06 bits per heavy atom. The first-order valence-corrected chi connectivity index (χ1v) is 6.54. The van der Waals surface area contributed by atoms with Gasteiger partial charge in [-0.1, -0.05) is 0 Å². The van der Waals surface area contributed by atoms with E-state index in [1.807, 2.05) is 36.9 Å². The quantitative estimate of drug-likeness (QED) is 0.683. The summed E-state index contributed by atoms with van der Waals surface area (Å²) in [5, 5.41) is 5.45. The van der Waals surface area contributed by atoms with Crippen molar-refractivity contribution in [1.29, 1.82) is 0 Å². The van der Waals surface area contributed by atoms with Crippen molar-refractivity contribution in [3.05, 3.63) is 29.6 Å². The third-order valence-electron chi connectivity index (χ3n) is 3.14. The van der Waals surface area contributed by atoms with Crippen molar-refractivity contribution in [2.24, 2.45) is 7.05 Å². The molecule has 0 fully saturated rings. The highest BCUT2D eigenvalue weighted by Crippen LogP contribution is 2.34. The minimum Gasteiger partial charge on any atom is -0.399 e.